The maximum Gasteiger partial charge on any atom is 0.265 e. The molecule has 0 amide bonds. The molecule has 2 rings (SSSR count). The minimum absolute atomic E-state index is 0.140. The Labute approximate surface area is 104 Å². The Morgan fingerprint density at radius 2 is 1.94 bits per heavy atom. The summed E-state index contributed by atoms with van der Waals surface area (Å²) < 4.78 is 39.4. The van der Waals surface area contributed by atoms with Crippen LogP contribution in [0.2, 0.25) is 0 Å². The number of para-hydroxylation sites is 1. The van der Waals surface area contributed by atoms with E-state index >= 15 is 0 Å². The number of aromatic nitrogens is 1. The van der Waals surface area contributed by atoms with Gasteiger partial charge in [0, 0.05) is 6.20 Å². The molecule has 0 radical (unpaired) electrons. The normalized spacial score (nSPS) is 11.2. The molecule has 18 heavy (non-hydrogen) atoms. The Morgan fingerprint density at radius 3 is 2.61 bits per heavy atom. The van der Waals surface area contributed by atoms with Crippen molar-refractivity contribution in [3.8, 4) is 0 Å². The molecule has 5 nitrogen and oxygen atoms in total. The van der Waals surface area contributed by atoms with E-state index in [-0.39, 0.29) is 10.7 Å². The van der Waals surface area contributed by atoms with Gasteiger partial charge in [-0.15, -0.1) is 0 Å². The van der Waals surface area contributed by atoms with Crippen LogP contribution in [-0.4, -0.2) is 13.4 Å². The SMILES string of the molecule is Nc1c(F)cccc1S(=O)(=O)Nc1ccccn1. The van der Waals surface area contributed by atoms with Gasteiger partial charge in [-0.1, -0.05) is 12.1 Å². The number of nitrogens with zero attached hydrogens (tertiary/aromatic N) is 1. The number of hydrogen-bond acceptors (Lipinski definition) is 4. The van der Waals surface area contributed by atoms with Crippen LogP contribution in [0.25, 0.3) is 0 Å². The van der Waals surface area contributed by atoms with E-state index in [0.717, 1.165) is 6.07 Å². The van der Waals surface area contributed by atoms with Crippen molar-refractivity contribution < 1.29 is 12.8 Å². The summed E-state index contributed by atoms with van der Waals surface area (Å²) in [6.45, 7) is 0. The first kappa shape index (κ1) is 12.3. The van der Waals surface area contributed by atoms with Gasteiger partial charge in [-0.25, -0.2) is 17.8 Å². The molecule has 3 N–H and O–H groups in total. The van der Waals surface area contributed by atoms with E-state index in [4.69, 9.17) is 5.73 Å². The van der Waals surface area contributed by atoms with Crippen molar-refractivity contribution >= 4 is 21.5 Å². The molecule has 0 saturated carbocycles. The third-order valence-corrected chi connectivity index (χ3v) is 3.62. The van der Waals surface area contributed by atoms with Crippen LogP contribution in [0.4, 0.5) is 15.9 Å². The van der Waals surface area contributed by atoms with Crippen LogP contribution in [0, 0.1) is 5.82 Å². The first-order valence-electron chi connectivity index (χ1n) is 4.98. The maximum atomic E-state index is 13.2. The summed E-state index contributed by atoms with van der Waals surface area (Å²) in [5.41, 5.74) is 4.99. The number of nitrogens with two attached hydrogens (primary N) is 1. The fourth-order valence-electron chi connectivity index (χ4n) is 1.37. The Balaban J connectivity index is 2.41. The molecule has 0 bridgehead atoms. The van der Waals surface area contributed by atoms with E-state index in [1.807, 2.05) is 0 Å². The molecule has 0 spiro atoms. The van der Waals surface area contributed by atoms with E-state index in [1.54, 1.807) is 12.1 Å². The lowest BCUT2D eigenvalue weighted by Gasteiger charge is -2.09. The molecule has 0 unspecified atom stereocenters. The van der Waals surface area contributed by atoms with Gasteiger partial charge < -0.3 is 5.73 Å². The smallest absolute Gasteiger partial charge is 0.265 e. The molecule has 0 aliphatic heterocycles. The molecule has 2 aromatic rings. The quantitative estimate of drug-likeness (QED) is 0.827. The Morgan fingerprint density at radius 1 is 1.17 bits per heavy atom. The lowest BCUT2D eigenvalue weighted by Crippen LogP contribution is -2.16. The van der Waals surface area contributed by atoms with Crippen molar-refractivity contribution in [1.82, 2.24) is 4.98 Å². The number of hydrogen-bond donors (Lipinski definition) is 2. The van der Waals surface area contributed by atoms with Crippen LogP contribution in [0.5, 0.6) is 0 Å². The fraction of sp³-hybridized carbons (Fsp3) is 0. The van der Waals surface area contributed by atoms with E-state index in [9.17, 15) is 12.8 Å². The predicted octanol–water partition coefficient (Wildman–Crippen LogP) is 1.60. The second-order valence-corrected chi connectivity index (χ2v) is 5.12. The Kier molecular flexibility index (Phi) is 3.15. The summed E-state index contributed by atoms with van der Waals surface area (Å²) >= 11 is 0. The second kappa shape index (κ2) is 4.61. The van der Waals surface area contributed by atoms with E-state index in [1.165, 1.54) is 24.4 Å². The summed E-state index contributed by atoms with van der Waals surface area (Å²) in [5.74, 6) is -0.639. The third-order valence-electron chi connectivity index (χ3n) is 2.21. The van der Waals surface area contributed by atoms with Crippen molar-refractivity contribution in [2.75, 3.05) is 10.5 Å². The van der Waals surface area contributed by atoms with Gasteiger partial charge in [-0.3, -0.25) is 4.72 Å². The monoisotopic (exact) mass is 267 g/mol. The molecular weight excluding hydrogens is 257 g/mol. The van der Waals surface area contributed by atoms with Crippen molar-refractivity contribution in [3.63, 3.8) is 0 Å². The van der Waals surface area contributed by atoms with Crippen LogP contribution in [0.1, 0.15) is 0 Å². The van der Waals surface area contributed by atoms with Gasteiger partial charge in [0.2, 0.25) is 0 Å². The predicted molar refractivity (Wildman–Crippen MR) is 65.9 cm³/mol. The van der Waals surface area contributed by atoms with Crippen molar-refractivity contribution in [1.29, 1.82) is 0 Å². The summed E-state index contributed by atoms with van der Waals surface area (Å²) in [4.78, 5) is 3.50. The minimum Gasteiger partial charge on any atom is -0.395 e. The third kappa shape index (κ3) is 2.40. The number of anilines is 2. The number of sulfonamides is 1. The molecular formula is C11H10FN3O2S. The highest BCUT2D eigenvalue weighted by Crippen LogP contribution is 2.22. The molecule has 0 aliphatic carbocycles. The van der Waals surface area contributed by atoms with Crippen LogP contribution < -0.4 is 10.5 Å². The van der Waals surface area contributed by atoms with Gasteiger partial charge in [0.25, 0.3) is 10.0 Å². The summed E-state index contributed by atoms with van der Waals surface area (Å²) in [5, 5.41) is 0. The van der Waals surface area contributed by atoms with Gasteiger partial charge in [-0.2, -0.15) is 0 Å². The minimum atomic E-state index is -3.94. The topological polar surface area (TPSA) is 85.1 Å². The Hall–Kier alpha value is -2.15. The maximum absolute atomic E-state index is 13.2. The van der Waals surface area contributed by atoms with Crippen molar-refractivity contribution in [2.24, 2.45) is 0 Å². The van der Waals surface area contributed by atoms with Gasteiger partial charge in [0.1, 0.15) is 16.5 Å². The zero-order valence-electron chi connectivity index (χ0n) is 9.17. The number of rotatable bonds is 3. The summed E-state index contributed by atoms with van der Waals surface area (Å²) in [6, 6.07) is 8.35. The second-order valence-electron chi connectivity index (χ2n) is 3.47. The standard InChI is InChI=1S/C11H10FN3O2S/c12-8-4-3-5-9(11(8)13)18(16,17)15-10-6-1-2-7-14-10/h1-7H,13H2,(H,14,15). The average Bonchev–Trinajstić information content (AvgIpc) is 2.33. The zero-order chi connectivity index (χ0) is 13.2. The first-order valence-corrected chi connectivity index (χ1v) is 6.47. The van der Waals surface area contributed by atoms with Crippen LogP contribution >= 0.6 is 0 Å². The number of halogens is 1. The highest BCUT2D eigenvalue weighted by molar-refractivity contribution is 7.92. The molecule has 1 aromatic carbocycles. The molecule has 1 heterocycles. The molecule has 94 valence electrons. The number of nitrogen functional groups attached to an aromatic ring is 1. The van der Waals surface area contributed by atoms with Gasteiger partial charge in [0.05, 0.1) is 5.69 Å². The summed E-state index contributed by atoms with van der Waals surface area (Å²) in [6.07, 6.45) is 1.44. The van der Waals surface area contributed by atoms with Gasteiger partial charge in [0.15, 0.2) is 0 Å². The molecule has 1 aromatic heterocycles. The Bertz CT molecular complexity index is 659. The molecule has 0 aliphatic rings. The largest absolute Gasteiger partial charge is 0.395 e. The van der Waals surface area contributed by atoms with E-state index in [2.05, 4.69) is 9.71 Å². The van der Waals surface area contributed by atoms with Crippen molar-refractivity contribution in [3.05, 3.63) is 48.4 Å². The first-order chi connectivity index (χ1) is 8.50. The lowest BCUT2D eigenvalue weighted by molar-refractivity contribution is 0.597. The number of nitrogens with one attached hydrogen (secondary N) is 1. The highest BCUT2D eigenvalue weighted by Gasteiger charge is 2.19. The lowest BCUT2D eigenvalue weighted by atomic mass is 10.3. The van der Waals surface area contributed by atoms with Crippen molar-refractivity contribution in [2.45, 2.75) is 4.90 Å². The molecule has 0 fully saturated rings. The van der Waals surface area contributed by atoms with Crippen LogP contribution in [0.3, 0.4) is 0 Å². The molecule has 7 heteroatoms. The van der Waals surface area contributed by atoms with Crippen LogP contribution in [-0.2, 0) is 10.0 Å². The highest BCUT2D eigenvalue weighted by atomic mass is 32.2. The van der Waals surface area contributed by atoms with E-state index < -0.39 is 21.5 Å². The van der Waals surface area contributed by atoms with E-state index in [0.29, 0.717) is 0 Å². The average molecular weight is 267 g/mol. The molecule has 0 saturated heterocycles. The van der Waals surface area contributed by atoms with Gasteiger partial charge in [-0.05, 0) is 24.3 Å². The van der Waals surface area contributed by atoms with Crippen LogP contribution in [0.15, 0.2) is 47.5 Å². The number of pyridine rings is 1. The summed E-state index contributed by atoms with van der Waals surface area (Å²) in [7, 11) is -3.94. The number of benzene rings is 1. The zero-order valence-corrected chi connectivity index (χ0v) is 9.99. The fourth-order valence-corrected chi connectivity index (χ4v) is 2.52. The molecule has 0 atom stereocenters. The van der Waals surface area contributed by atoms with Gasteiger partial charge >= 0.3 is 0 Å².